The maximum Gasteiger partial charge on any atom is 0.142 e. The first-order chi connectivity index (χ1) is 9.01. The van der Waals surface area contributed by atoms with Gasteiger partial charge in [0.25, 0.3) is 0 Å². The lowest BCUT2D eigenvalue weighted by atomic mass is 9.77. The predicted molar refractivity (Wildman–Crippen MR) is 77.6 cm³/mol. The van der Waals surface area contributed by atoms with Gasteiger partial charge in [-0.25, -0.2) is 0 Å². The zero-order chi connectivity index (χ0) is 14.0. The molecule has 1 fully saturated rings. The van der Waals surface area contributed by atoms with Gasteiger partial charge in [-0.15, -0.1) is 0 Å². The van der Waals surface area contributed by atoms with E-state index in [1.807, 2.05) is 12.1 Å². The molecule has 0 unspecified atom stereocenters. The normalized spacial score (nSPS) is 27.1. The van der Waals surface area contributed by atoms with E-state index >= 15 is 0 Å². The number of aliphatic hydroxyl groups is 1. The highest BCUT2D eigenvalue weighted by molar-refractivity contribution is 9.10. The molecule has 1 aliphatic rings. The van der Waals surface area contributed by atoms with Crippen molar-refractivity contribution in [2.45, 2.75) is 37.3 Å². The van der Waals surface area contributed by atoms with Crippen molar-refractivity contribution in [3.05, 3.63) is 22.2 Å². The molecule has 1 aliphatic carbocycles. The molecular weight excluding hydrogens is 310 g/mol. The lowest BCUT2D eigenvalue weighted by molar-refractivity contribution is -0.00696. The van der Waals surface area contributed by atoms with Crippen LogP contribution in [0.25, 0.3) is 0 Å². The van der Waals surface area contributed by atoms with Crippen LogP contribution in [0.5, 0.6) is 11.5 Å². The first-order valence-corrected chi connectivity index (χ1v) is 7.20. The Morgan fingerprint density at radius 1 is 1.26 bits per heavy atom. The molecule has 0 heterocycles. The summed E-state index contributed by atoms with van der Waals surface area (Å²) in [7, 11) is 3.20. The van der Waals surface area contributed by atoms with Crippen molar-refractivity contribution in [3.8, 4) is 11.5 Å². The van der Waals surface area contributed by atoms with Gasteiger partial charge < -0.3 is 20.3 Å². The van der Waals surface area contributed by atoms with Crippen LogP contribution in [0.3, 0.4) is 0 Å². The average Bonchev–Trinajstić information content (AvgIpc) is 2.42. The Morgan fingerprint density at radius 3 is 2.42 bits per heavy atom. The third-order valence-corrected chi connectivity index (χ3v) is 4.60. The van der Waals surface area contributed by atoms with Crippen LogP contribution >= 0.6 is 15.9 Å². The van der Waals surface area contributed by atoms with Crippen molar-refractivity contribution >= 4 is 15.9 Å². The molecule has 1 aromatic carbocycles. The molecule has 0 bridgehead atoms. The molecule has 0 spiro atoms. The summed E-state index contributed by atoms with van der Waals surface area (Å²) in [6.07, 6.45) is 2.96. The zero-order valence-electron chi connectivity index (χ0n) is 11.3. The van der Waals surface area contributed by atoms with E-state index in [9.17, 15) is 5.11 Å². The number of ether oxygens (including phenoxy) is 2. The van der Waals surface area contributed by atoms with Crippen LogP contribution in [0.4, 0.5) is 0 Å². The van der Waals surface area contributed by atoms with E-state index < -0.39 is 5.60 Å². The van der Waals surface area contributed by atoms with E-state index in [1.54, 1.807) is 14.2 Å². The predicted octanol–water partition coefficient (Wildman–Crippen LogP) is 2.56. The average molecular weight is 330 g/mol. The summed E-state index contributed by atoms with van der Waals surface area (Å²) in [6, 6.07) is 3.90. The highest BCUT2D eigenvalue weighted by atomic mass is 79.9. The second kappa shape index (κ2) is 5.69. The highest BCUT2D eigenvalue weighted by Crippen LogP contribution is 2.46. The fourth-order valence-electron chi connectivity index (χ4n) is 2.65. The van der Waals surface area contributed by atoms with Crippen LogP contribution in [-0.4, -0.2) is 25.4 Å². The van der Waals surface area contributed by atoms with Gasteiger partial charge in [0.05, 0.1) is 19.8 Å². The largest absolute Gasteiger partial charge is 0.495 e. The number of nitrogens with two attached hydrogens (primary N) is 1. The molecule has 5 heteroatoms. The standard InChI is InChI=1S/C14H20BrNO3/c1-18-11-4-3-10(13(19-2)12(11)15)14(17)7-5-9(16)6-8-14/h3-4,9,17H,5-8,16H2,1-2H3. The Balaban J connectivity index is 2.42. The van der Waals surface area contributed by atoms with Gasteiger partial charge in [-0.1, -0.05) is 0 Å². The van der Waals surface area contributed by atoms with Crippen LogP contribution in [0.15, 0.2) is 16.6 Å². The third-order valence-electron chi connectivity index (χ3n) is 3.84. The van der Waals surface area contributed by atoms with E-state index in [4.69, 9.17) is 15.2 Å². The smallest absolute Gasteiger partial charge is 0.142 e. The van der Waals surface area contributed by atoms with Gasteiger partial charge in [0.2, 0.25) is 0 Å². The molecule has 4 nitrogen and oxygen atoms in total. The molecule has 0 aliphatic heterocycles. The Bertz CT molecular complexity index is 456. The van der Waals surface area contributed by atoms with Crippen LogP contribution in [0.2, 0.25) is 0 Å². The van der Waals surface area contributed by atoms with Crippen molar-refractivity contribution in [2.75, 3.05) is 14.2 Å². The van der Waals surface area contributed by atoms with Crippen molar-refractivity contribution in [3.63, 3.8) is 0 Å². The zero-order valence-corrected chi connectivity index (χ0v) is 12.9. The maximum absolute atomic E-state index is 10.9. The van der Waals surface area contributed by atoms with E-state index in [-0.39, 0.29) is 6.04 Å². The Labute approximate surface area is 122 Å². The van der Waals surface area contributed by atoms with Gasteiger partial charge in [-0.05, 0) is 53.7 Å². The summed E-state index contributed by atoms with van der Waals surface area (Å²) in [5.41, 5.74) is 5.84. The summed E-state index contributed by atoms with van der Waals surface area (Å²) in [6.45, 7) is 0. The fourth-order valence-corrected chi connectivity index (χ4v) is 3.32. The molecule has 2 rings (SSSR count). The van der Waals surface area contributed by atoms with Gasteiger partial charge in [0.15, 0.2) is 0 Å². The van der Waals surface area contributed by atoms with E-state index in [0.29, 0.717) is 24.3 Å². The highest BCUT2D eigenvalue weighted by Gasteiger charge is 2.37. The second-order valence-electron chi connectivity index (χ2n) is 5.03. The van der Waals surface area contributed by atoms with Gasteiger partial charge in [0, 0.05) is 11.6 Å². The van der Waals surface area contributed by atoms with Crippen molar-refractivity contribution in [1.82, 2.24) is 0 Å². The Morgan fingerprint density at radius 2 is 1.89 bits per heavy atom. The molecule has 1 aromatic rings. The minimum absolute atomic E-state index is 0.188. The summed E-state index contributed by atoms with van der Waals surface area (Å²) in [5, 5.41) is 10.9. The quantitative estimate of drug-likeness (QED) is 0.894. The minimum atomic E-state index is -0.865. The number of benzene rings is 1. The van der Waals surface area contributed by atoms with Gasteiger partial charge in [-0.3, -0.25) is 0 Å². The van der Waals surface area contributed by atoms with Crippen molar-refractivity contribution in [2.24, 2.45) is 5.73 Å². The molecule has 0 aromatic heterocycles. The molecule has 0 saturated heterocycles. The first-order valence-electron chi connectivity index (χ1n) is 6.40. The Hall–Kier alpha value is -0.780. The molecule has 1 saturated carbocycles. The number of rotatable bonds is 3. The summed E-state index contributed by atoms with van der Waals surface area (Å²) >= 11 is 3.47. The minimum Gasteiger partial charge on any atom is -0.495 e. The molecule has 0 amide bonds. The maximum atomic E-state index is 10.9. The monoisotopic (exact) mass is 329 g/mol. The van der Waals surface area contributed by atoms with E-state index in [0.717, 1.165) is 22.9 Å². The number of hydrogen-bond donors (Lipinski definition) is 2. The SMILES string of the molecule is COc1ccc(C2(O)CCC(N)CC2)c(OC)c1Br. The molecule has 106 valence electrons. The summed E-state index contributed by atoms with van der Waals surface area (Å²) in [5.74, 6) is 1.33. The van der Waals surface area contributed by atoms with Crippen molar-refractivity contribution < 1.29 is 14.6 Å². The topological polar surface area (TPSA) is 64.7 Å². The Kier molecular flexibility index (Phi) is 4.38. The lowest BCUT2D eigenvalue weighted by Gasteiger charge is -2.36. The first kappa shape index (κ1) is 14.6. The fraction of sp³-hybridized carbons (Fsp3) is 0.571. The van der Waals surface area contributed by atoms with E-state index in [1.165, 1.54) is 0 Å². The number of halogens is 1. The van der Waals surface area contributed by atoms with Crippen LogP contribution in [-0.2, 0) is 5.60 Å². The van der Waals surface area contributed by atoms with Crippen LogP contribution in [0, 0.1) is 0 Å². The second-order valence-corrected chi connectivity index (χ2v) is 5.82. The van der Waals surface area contributed by atoms with Crippen molar-refractivity contribution in [1.29, 1.82) is 0 Å². The summed E-state index contributed by atoms with van der Waals surface area (Å²) in [4.78, 5) is 0. The molecule has 19 heavy (non-hydrogen) atoms. The van der Waals surface area contributed by atoms with Crippen LogP contribution < -0.4 is 15.2 Å². The molecule has 0 atom stereocenters. The molecular formula is C14H20BrNO3. The van der Waals surface area contributed by atoms with Crippen LogP contribution in [0.1, 0.15) is 31.2 Å². The van der Waals surface area contributed by atoms with Gasteiger partial charge in [-0.2, -0.15) is 0 Å². The molecule has 0 radical (unpaired) electrons. The van der Waals surface area contributed by atoms with Gasteiger partial charge in [0.1, 0.15) is 16.0 Å². The van der Waals surface area contributed by atoms with Gasteiger partial charge >= 0.3 is 0 Å². The third kappa shape index (κ3) is 2.73. The lowest BCUT2D eigenvalue weighted by Crippen LogP contribution is -2.37. The summed E-state index contributed by atoms with van der Waals surface area (Å²) < 4.78 is 11.4. The number of hydrogen-bond acceptors (Lipinski definition) is 4. The van der Waals surface area contributed by atoms with E-state index in [2.05, 4.69) is 15.9 Å². The molecule has 3 N–H and O–H groups in total. The number of methoxy groups -OCH3 is 2.